The molecule has 0 bridgehead atoms. The maximum Gasteiger partial charge on any atom is 2.00 e. The molecular formula is C6H14MgO4P+. The first-order valence-corrected chi connectivity index (χ1v) is 4.97. The molecule has 0 rings (SSSR count). The van der Waals surface area contributed by atoms with Crippen LogP contribution >= 0.6 is 7.82 Å². The summed E-state index contributed by atoms with van der Waals surface area (Å²) in [6.07, 6.45) is -0.728. The summed E-state index contributed by atoms with van der Waals surface area (Å²) in [6, 6.07) is 0. The Morgan fingerprint density at radius 3 is 1.50 bits per heavy atom. The van der Waals surface area contributed by atoms with Gasteiger partial charge in [0, 0.05) is 0 Å². The van der Waals surface area contributed by atoms with Gasteiger partial charge in [0.15, 0.2) is 0 Å². The average molecular weight is 205 g/mol. The predicted octanol–water partition coefficient (Wildman–Crippen LogP) is 0.924. The van der Waals surface area contributed by atoms with Crippen LogP contribution in [0.1, 0.15) is 27.7 Å². The molecule has 0 aliphatic heterocycles. The van der Waals surface area contributed by atoms with Gasteiger partial charge in [-0.1, -0.05) is 0 Å². The largest absolute Gasteiger partial charge is 2.00 e. The van der Waals surface area contributed by atoms with Gasteiger partial charge in [-0.3, -0.25) is 4.57 Å². The van der Waals surface area contributed by atoms with Gasteiger partial charge in [0.2, 0.25) is 0 Å². The summed E-state index contributed by atoms with van der Waals surface area (Å²) in [7, 11) is -4.05. The molecule has 0 heterocycles. The fourth-order valence-electron chi connectivity index (χ4n) is 0.541. The van der Waals surface area contributed by atoms with Crippen molar-refractivity contribution in [3.63, 3.8) is 0 Å². The van der Waals surface area contributed by atoms with Gasteiger partial charge in [-0.15, -0.1) is 0 Å². The quantitative estimate of drug-likeness (QED) is 0.506. The van der Waals surface area contributed by atoms with Crippen molar-refractivity contribution < 1.29 is 18.5 Å². The van der Waals surface area contributed by atoms with E-state index in [1.54, 1.807) is 27.7 Å². The number of phosphoric acid groups is 1. The zero-order valence-corrected chi connectivity index (χ0v) is 10.3. The maximum absolute atomic E-state index is 10.8. The minimum atomic E-state index is -4.05. The van der Waals surface area contributed by atoms with Gasteiger partial charge in [0.05, 0.1) is 12.2 Å². The van der Waals surface area contributed by atoms with Crippen LogP contribution in [0.4, 0.5) is 0 Å². The second-order valence-electron chi connectivity index (χ2n) is 2.76. The summed E-state index contributed by atoms with van der Waals surface area (Å²) in [5, 5.41) is 0. The van der Waals surface area contributed by atoms with Crippen LogP contribution in [-0.2, 0) is 13.6 Å². The Labute approximate surface area is 89.4 Å². The van der Waals surface area contributed by atoms with Crippen molar-refractivity contribution >= 4 is 30.9 Å². The zero-order valence-electron chi connectivity index (χ0n) is 7.94. The molecule has 0 aromatic rings. The Bertz CT molecular complexity index is 146. The minimum absolute atomic E-state index is 0. The first kappa shape index (κ1) is 15.4. The third-order valence-corrected chi connectivity index (χ3v) is 2.04. The van der Waals surface area contributed by atoms with Crippen molar-refractivity contribution in [2.24, 2.45) is 0 Å². The SMILES string of the molecule is CC(C)OP(=O)([O-])OC(C)C.[Mg+2]. The van der Waals surface area contributed by atoms with Gasteiger partial charge >= 0.3 is 23.1 Å². The van der Waals surface area contributed by atoms with Crippen LogP contribution in [0.2, 0.25) is 0 Å². The van der Waals surface area contributed by atoms with E-state index in [-0.39, 0.29) is 35.3 Å². The van der Waals surface area contributed by atoms with E-state index >= 15 is 0 Å². The fraction of sp³-hybridized carbons (Fsp3) is 1.00. The van der Waals surface area contributed by atoms with E-state index in [1.807, 2.05) is 0 Å². The molecule has 6 heteroatoms. The van der Waals surface area contributed by atoms with E-state index in [0.717, 1.165) is 0 Å². The minimum Gasteiger partial charge on any atom is -0.756 e. The van der Waals surface area contributed by atoms with Crippen molar-refractivity contribution in [1.29, 1.82) is 0 Å². The Hall–Kier alpha value is 0.876. The number of hydrogen-bond acceptors (Lipinski definition) is 4. The van der Waals surface area contributed by atoms with Crippen LogP contribution in [0, 0.1) is 0 Å². The molecule has 68 valence electrons. The smallest absolute Gasteiger partial charge is 0.756 e. The summed E-state index contributed by atoms with van der Waals surface area (Å²) in [5.41, 5.74) is 0. The van der Waals surface area contributed by atoms with Gasteiger partial charge < -0.3 is 13.9 Å². The van der Waals surface area contributed by atoms with Gasteiger partial charge in [0.25, 0.3) is 7.82 Å². The second kappa shape index (κ2) is 6.35. The fourth-order valence-corrected chi connectivity index (χ4v) is 1.62. The van der Waals surface area contributed by atoms with Crippen molar-refractivity contribution in [3.05, 3.63) is 0 Å². The topological polar surface area (TPSA) is 58.6 Å². The molecule has 0 aromatic carbocycles. The number of phosphoric ester groups is 1. The molecule has 0 N–H and O–H groups in total. The van der Waals surface area contributed by atoms with Gasteiger partial charge in [-0.05, 0) is 27.7 Å². The number of rotatable bonds is 4. The third kappa shape index (κ3) is 8.97. The second-order valence-corrected chi connectivity index (χ2v) is 4.07. The molecule has 4 nitrogen and oxygen atoms in total. The monoisotopic (exact) mass is 205 g/mol. The maximum atomic E-state index is 10.8. The van der Waals surface area contributed by atoms with Crippen LogP contribution in [0.5, 0.6) is 0 Å². The zero-order chi connectivity index (χ0) is 9.07. The summed E-state index contributed by atoms with van der Waals surface area (Å²) in [4.78, 5) is 10.8. The molecule has 0 saturated heterocycles. The normalized spacial score (nSPS) is 11.9. The predicted molar refractivity (Wildman–Crippen MR) is 45.8 cm³/mol. The first-order chi connectivity index (χ1) is 4.83. The molecule has 0 atom stereocenters. The molecule has 0 fully saturated rings. The summed E-state index contributed by atoms with van der Waals surface area (Å²) >= 11 is 0. The van der Waals surface area contributed by atoms with Crippen LogP contribution in [-0.4, -0.2) is 35.3 Å². The molecule has 0 aromatic heterocycles. The summed E-state index contributed by atoms with van der Waals surface area (Å²) in [6.45, 7) is 6.53. The Balaban J connectivity index is 0. The summed E-state index contributed by atoms with van der Waals surface area (Å²) in [5.74, 6) is 0. The average Bonchev–Trinajstić information content (AvgIpc) is 1.53. The molecular weight excluding hydrogens is 191 g/mol. The van der Waals surface area contributed by atoms with Crippen molar-refractivity contribution in [1.82, 2.24) is 0 Å². The molecule has 0 spiro atoms. The molecule has 0 aliphatic carbocycles. The van der Waals surface area contributed by atoms with Gasteiger partial charge in [0.1, 0.15) is 0 Å². The van der Waals surface area contributed by atoms with E-state index in [9.17, 15) is 9.46 Å². The van der Waals surface area contributed by atoms with Crippen LogP contribution in [0.15, 0.2) is 0 Å². The van der Waals surface area contributed by atoms with Gasteiger partial charge in [-0.2, -0.15) is 0 Å². The first-order valence-electron chi connectivity index (χ1n) is 3.51. The van der Waals surface area contributed by atoms with E-state index in [4.69, 9.17) is 0 Å². The van der Waals surface area contributed by atoms with Crippen molar-refractivity contribution in [2.75, 3.05) is 0 Å². The van der Waals surface area contributed by atoms with E-state index in [1.165, 1.54) is 0 Å². The van der Waals surface area contributed by atoms with Crippen LogP contribution in [0.25, 0.3) is 0 Å². The Kier molecular flexibility index (Phi) is 8.12. The van der Waals surface area contributed by atoms with Gasteiger partial charge in [-0.25, -0.2) is 0 Å². The van der Waals surface area contributed by atoms with E-state index in [0.29, 0.717) is 0 Å². The number of hydrogen-bond donors (Lipinski definition) is 0. The molecule has 0 aliphatic rings. The standard InChI is InChI=1S/C6H15O4P.Mg/c1-5(2)9-11(7,8)10-6(3)4;/h5-6H,1-4H3,(H,7,8);/q;+2/p-1. The Morgan fingerprint density at radius 1 is 1.08 bits per heavy atom. The molecule has 0 radical (unpaired) electrons. The third-order valence-electron chi connectivity index (χ3n) is 0.680. The van der Waals surface area contributed by atoms with Crippen molar-refractivity contribution in [2.45, 2.75) is 39.9 Å². The Morgan fingerprint density at radius 2 is 1.33 bits per heavy atom. The molecule has 0 amide bonds. The van der Waals surface area contributed by atoms with Crippen molar-refractivity contribution in [3.8, 4) is 0 Å². The molecule has 0 unspecified atom stereocenters. The molecule has 0 saturated carbocycles. The molecule has 12 heavy (non-hydrogen) atoms. The summed E-state index contributed by atoms with van der Waals surface area (Å²) < 4.78 is 19.9. The van der Waals surface area contributed by atoms with Crippen LogP contribution in [0.3, 0.4) is 0 Å². The van der Waals surface area contributed by atoms with Crippen LogP contribution < -0.4 is 4.89 Å². The van der Waals surface area contributed by atoms with E-state index < -0.39 is 7.82 Å². The van der Waals surface area contributed by atoms with E-state index in [2.05, 4.69) is 9.05 Å².